The predicted molar refractivity (Wildman–Crippen MR) is 121 cm³/mol. The third-order valence-electron chi connectivity index (χ3n) is 4.65. The number of hydrogen-bond acceptors (Lipinski definition) is 5. The summed E-state index contributed by atoms with van der Waals surface area (Å²) in [5, 5.41) is 0.657. The van der Waals surface area contributed by atoms with Crippen LogP contribution in [0.3, 0.4) is 0 Å². The number of carbonyl (C=O) groups is 1. The number of para-hydroxylation sites is 1. The Kier molecular flexibility index (Phi) is 6.35. The van der Waals surface area contributed by atoms with Gasteiger partial charge in [-0.1, -0.05) is 48.9 Å². The van der Waals surface area contributed by atoms with Gasteiger partial charge in [0, 0.05) is 11.8 Å². The normalized spacial score (nSPS) is 10.8. The van der Waals surface area contributed by atoms with Crippen molar-refractivity contribution in [2.45, 2.75) is 26.3 Å². The van der Waals surface area contributed by atoms with E-state index in [1.807, 2.05) is 60.7 Å². The highest BCUT2D eigenvalue weighted by molar-refractivity contribution is 7.22. The van der Waals surface area contributed by atoms with Gasteiger partial charge in [-0.25, -0.2) is 4.98 Å². The van der Waals surface area contributed by atoms with Gasteiger partial charge in [0.2, 0.25) is 0 Å². The topological polar surface area (TPSA) is 55.3 Å². The van der Waals surface area contributed by atoms with Gasteiger partial charge in [0.05, 0.1) is 29.1 Å². The Labute approximate surface area is 180 Å². The Morgan fingerprint density at radius 3 is 2.73 bits per heavy atom. The van der Waals surface area contributed by atoms with E-state index >= 15 is 0 Å². The van der Waals surface area contributed by atoms with Crippen molar-refractivity contribution in [3.63, 3.8) is 0 Å². The average molecular weight is 418 g/mol. The van der Waals surface area contributed by atoms with E-state index in [1.54, 1.807) is 17.2 Å². The first kappa shape index (κ1) is 20.0. The molecule has 4 aromatic rings. The third kappa shape index (κ3) is 4.66. The molecule has 1 amide bonds. The number of carbonyl (C=O) groups excluding carboxylic acids is 1. The average Bonchev–Trinajstić information content (AvgIpc) is 3.22. The van der Waals surface area contributed by atoms with E-state index in [4.69, 9.17) is 9.72 Å². The number of nitrogens with zero attached hydrogens (tertiary/aromatic N) is 3. The van der Waals surface area contributed by atoms with Gasteiger partial charge >= 0.3 is 0 Å². The number of hydrogen-bond donors (Lipinski definition) is 0. The molecule has 30 heavy (non-hydrogen) atoms. The zero-order valence-corrected chi connectivity index (χ0v) is 17.6. The van der Waals surface area contributed by atoms with Crippen LogP contribution in [0.4, 0.5) is 5.13 Å². The van der Waals surface area contributed by atoms with E-state index in [0.717, 1.165) is 28.8 Å². The first-order valence-electron chi connectivity index (χ1n) is 10.0. The quantitative estimate of drug-likeness (QED) is 0.344. The summed E-state index contributed by atoms with van der Waals surface area (Å²) in [6.45, 7) is 3.11. The van der Waals surface area contributed by atoms with Crippen molar-refractivity contribution in [2.24, 2.45) is 0 Å². The Morgan fingerprint density at radius 2 is 1.93 bits per heavy atom. The molecule has 0 saturated heterocycles. The molecule has 0 saturated carbocycles. The summed E-state index contributed by atoms with van der Waals surface area (Å²) in [5.74, 6) is 0.581. The number of unbranched alkanes of at least 4 members (excludes halogenated alkanes) is 1. The summed E-state index contributed by atoms with van der Waals surface area (Å²) in [7, 11) is 0. The SMILES string of the molecule is CCCCOc1cccc(C(=O)N(Cc2ccccn2)c2nc3ccccc3s2)c1. The lowest BCUT2D eigenvalue weighted by atomic mass is 10.2. The number of benzene rings is 2. The minimum absolute atomic E-state index is 0.124. The molecular formula is C24H23N3O2S. The minimum Gasteiger partial charge on any atom is -0.494 e. The maximum Gasteiger partial charge on any atom is 0.260 e. The molecule has 2 aromatic carbocycles. The summed E-state index contributed by atoms with van der Waals surface area (Å²) in [6.07, 6.45) is 3.78. The van der Waals surface area contributed by atoms with Crippen LogP contribution < -0.4 is 9.64 Å². The van der Waals surface area contributed by atoms with Crippen LogP contribution in [0.2, 0.25) is 0 Å². The van der Waals surface area contributed by atoms with Crippen LogP contribution >= 0.6 is 11.3 Å². The molecule has 5 nitrogen and oxygen atoms in total. The molecule has 0 radical (unpaired) electrons. The van der Waals surface area contributed by atoms with Gasteiger partial charge in [0.1, 0.15) is 5.75 Å². The molecule has 2 aromatic heterocycles. The molecule has 0 aliphatic carbocycles. The fourth-order valence-corrected chi connectivity index (χ4v) is 4.03. The van der Waals surface area contributed by atoms with E-state index in [2.05, 4.69) is 11.9 Å². The van der Waals surface area contributed by atoms with Crippen LogP contribution in [-0.4, -0.2) is 22.5 Å². The second-order valence-corrected chi connectivity index (χ2v) is 7.92. The van der Waals surface area contributed by atoms with Crippen LogP contribution in [-0.2, 0) is 6.54 Å². The molecule has 0 spiro atoms. The van der Waals surface area contributed by atoms with Crippen molar-refractivity contribution in [2.75, 3.05) is 11.5 Å². The van der Waals surface area contributed by atoms with Gasteiger partial charge in [-0.3, -0.25) is 14.7 Å². The third-order valence-corrected chi connectivity index (χ3v) is 5.71. The number of amides is 1. The standard InChI is InChI=1S/C24H23N3O2S/c1-2-3-15-29-20-11-8-9-18(16-20)23(28)27(17-19-10-6-7-14-25-19)24-26-21-12-4-5-13-22(21)30-24/h4-14,16H,2-3,15,17H2,1H3. The molecule has 6 heteroatoms. The summed E-state index contributed by atoms with van der Waals surface area (Å²) >= 11 is 1.50. The maximum atomic E-state index is 13.5. The van der Waals surface area contributed by atoms with Crippen molar-refractivity contribution in [3.05, 3.63) is 84.2 Å². The fourth-order valence-electron chi connectivity index (χ4n) is 3.06. The highest BCUT2D eigenvalue weighted by Crippen LogP contribution is 2.31. The van der Waals surface area contributed by atoms with E-state index in [-0.39, 0.29) is 5.91 Å². The number of ether oxygens (including phenoxy) is 1. The van der Waals surface area contributed by atoms with E-state index in [9.17, 15) is 4.79 Å². The van der Waals surface area contributed by atoms with Gasteiger partial charge in [-0.2, -0.15) is 0 Å². The van der Waals surface area contributed by atoms with Gasteiger partial charge in [0.25, 0.3) is 5.91 Å². The Balaban J connectivity index is 1.66. The fraction of sp³-hybridized carbons (Fsp3) is 0.208. The van der Waals surface area contributed by atoms with Crippen molar-refractivity contribution in [1.29, 1.82) is 0 Å². The second kappa shape index (κ2) is 9.50. The lowest BCUT2D eigenvalue weighted by Gasteiger charge is -2.20. The van der Waals surface area contributed by atoms with E-state index in [0.29, 0.717) is 29.6 Å². The highest BCUT2D eigenvalue weighted by atomic mass is 32.1. The predicted octanol–water partition coefficient (Wildman–Crippen LogP) is 5.72. The Hall–Kier alpha value is -3.25. The zero-order valence-electron chi connectivity index (χ0n) is 16.8. The first-order chi connectivity index (χ1) is 14.7. The summed E-state index contributed by atoms with van der Waals surface area (Å²) < 4.78 is 6.84. The molecule has 0 bridgehead atoms. The van der Waals surface area contributed by atoms with Crippen LogP contribution in [0.1, 0.15) is 35.8 Å². The van der Waals surface area contributed by atoms with Gasteiger partial charge < -0.3 is 4.74 Å². The lowest BCUT2D eigenvalue weighted by molar-refractivity contribution is 0.0984. The maximum absolute atomic E-state index is 13.5. The molecule has 2 heterocycles. The monoisotopic (exact) mass is 417 g/mol. The number of aromatic nitrogens is 2. The Morgan fingerprint density at radius 1 is 1.07 bits per heavy atom. The van der Waals surface area contributed by atoms with Crippen LogP contribution in [0, 0.1) is 0 Å². The molecule has 0 aliphatic heterocycles. The van der Waals surface area contributed by atoms with Crippen molar-refractivity contribution >= 4 is 32.6 Å². The zero-order chi connectivity index (χ0) is 20.8. The molecule has 0 atom stereocenters. The summed E-state index contributed by atoms with van der Waals surface area (Å²) in [4.78, 5) is 24.3. The summed E-state index contributed by atoms with van der Waals surface area (Å²) in [5.41, 5.74) is 2.26. The van der Waals surface area contributed by atoms with Crippen LogP contribution in [0.5, 0.6) is 5.75 Å². The van der Waals surface area contributed by atoms with Crippen LogP contribution in [0.25, 0.3) is 10.2 Å². The number of anilines is 1. The number of thiazole rings is 1. The van der Waals surface area contributed by atoms with Crippen molar-refractivity contribution in [3.8, 4) is 5.75 Å². The molecule has 0 N–H and O–H groups in total. The largest absolute Gasteiger partial charge is 0.494 e. The molecule has 0 fully saturated rings. The van der Waals surface area contributed by atoms with Crippen molar-refractivity contribution in [1.82, 2.24) is 9.97 Å². The first-order valence-corrected chi connectivity index (χ1v) is 10.9. The van der Waals surface area contributed by atoms with Crippen molar-refractivity contribution < 1.29 is 9.53 Å². The van der Waals surface area contributed by atoms with Gasteiger partial charge in [-0.15, -0.1) is 0 Å². The lowest BCUT2D eigenvalue weighted by Crippen LogP contribution is -2.30. The number of pyridine rings is 1. The smallest absolute Gasteiger partial charge is 0.260 e. The van der Waals surface area contributed by atoms with Crippen LogP contribution in [0.15, 0.2) is 72.9 Å². The summed E-state index contributed by atoms with van der Waals surface area (Å²) in [6, 6.07) is 21.0. The molecular weight excluding hydrogens is 394 g/mol. The Bertz CT molecular complexity index is 1090. The molecule has 152 valence electrons. The van der Waals surface area contributed by atoms with Gasteiger partial charge in [0.15, 0.2) is 5.13 Å². The van der Waals surface area contributed by atoms with E-state index in [1.165, 1.54) is 11.3 Å². The minimum atomic E-state index is -0.124. The number of rotatable bonds is 8. The highest BCUT2D eigenvalue weighted by Gasteiger charge is 2.22. The molecule has 4 rings (SSSR count). The van der Waals surface area contributed by atoms with E-state index < -0.39 is 0 Å². The van der Waals surface area contributed by atoms with Gasteiger partial charge in [-0.05, 0) is 48.9 Å². The number of fused-ring (bicyclic) bond motifs is 1. The molecule has 0 aliphatic rings. The molecule has 0 unspecified atom stereocenters. The second-order valence-electron chi connectivity index (χ2n) is 6.91.